The van der Waals surface area contributed by atoms with Crippen LogP contribution in [0.4, 0.5) is 5.69 Å². The van der Waals surface area contributed by atoms with Gasteiger partial charge in [-0.05, 0) is 55.8 Å². The number of amides is 1. The number of Topliss-reactive ketones (excluding diaryl/α,β-unsaturated/α-hetero) is 1. The molecule has 2 aromatic carbocycles. The average Bonchev–Trinajstić information content (AvgIpc) is 2.56. The Morgan fingerprint density at radius 2 is 1.92 bits per heavy atom. The molecule has 0 unspecified atom stereocenters. The van der Waals surface area contributed by atoms with Crippen molar-refractivity contribution in [2.45, 2.75) is 25.9 Å². The Labute approximate surface area is 161 Å². The predicted molar refractivity (Wildman–Crippen MR) is 104 cm³/mol. The van der Waals surface area contributed by atoms with E-state index < -0.39 is 5.60 Å². The van der Waals surface area contributed by atoms with E-state index in [1.807, 2.05) is 13.8 Å². The van der Waals surface area contributed by atoms with Gasteiger partial charge in [0.05, 0.1) is 22.0 Å². The van der Waals surface area contributed by atoms with E-state index >= 15 is 0 Å². The van der Waals surface area contributed by atoms with E-state index in [1.165, 1.54) is 6.08 Å². The molecule has 1 amide bonds. The summed E-state index contributed by atoms with van der Waals surface area (Å²) >= 11 is 11.8. The van der Waals surface area contributed by atoms with Crippen molar-refractivity contribution in [3.05, 3.63) is 63.6 Å². The maximum atomic E-state index is 12.3. The van der Waals surface area contributed by atoms with Gasteiger partial charge >= 0.3 is 0 Å². The molecule has 134 valence electrons. The summed E-state index contributed by atoms with van der Waals surface area (Å²) in [5.41, 5.74) is 1.25. The third-order valence-electron chi connectivity index (χ3n) is 3.89. The normalized spacial score (nSPS) is 15.5. The summed E-state index contributed by atoms with van der Waals surface area (Å²) in [6.07, 6.45) is 3.32. The number of rotatable bonds is 3. The average molecular weight is 390 g/mol. The van der Waals surface area contributed by atoms with Crippen molar-refractivity contribution in [2.24, 2.45) is 0 Å². The molecule has 1 aliphatic rings. The number of fused-ring (bicyclic) bond motifs is 1. The highest BCUT2D eigenvalue weighted by molar-refractivity contribution is 6.42. The fraction of sp³-hybridized carbons (Fsp3) is 0.200. The third-order valence-corrected chi connectivity index (χ3v) is 4.63. The Bertz CT molecular complexity index is 919. The van der Waals surface area contributed by atoms with Crippen LogP contribution in [0, 0.1) is 0 Å². The maximum Gasteiger partial charge on any atom is 0.248 e. The van der Waals surface area contributed by atoms with Gasteiger partial charge in [0, 0.05) is 11.8 Å². The molecule has 0 fully saturated rings. The first-order valence-electron chi connectivity index (χ1n) is 8.04. The van der Waals surface area contributed by atoms with Crippen molar-refractivity contribution in [1.82, 2.24) is 0 Å². The SMILES string of the molecule is CC1(C)CC(=O)c2cc(NC(=O)/C=C/c3ccc(Cl)c(Cl)c3)ccc2O1. The number of hydrogen-bond acceptors (Lipinski definition) is 3. The summed E-state index contributed by atoms with van der Waals surface area (Å²) in [6.45, 7) is 3.74. The molecule has 1 aliphatic heterocycles. The van der Waals surface area contributed by atoms with Gasteiger partial charge in [0.15, 0.2) is 5.78 Å². The Morgan fingerprint density at radius 1 is 1.15 bits per heavy atom. The van der Waals surface area contributed by atoms with E-state index in [4.69, 9.17) is 27.9 Å². The minimum absolute atomic E-state index is 0.00121. The van der Waals surface area contributed by atoms with E-state index in [9.17, 15) is 9.59 Å². The number of benzene rings is 2. The summed E-state index contributed by atoms with van der Waals surface area (Å²) < 4.78 is 5.81. The van der Waals surface area contributed by atoms with Crippen molar-refractivity contribution in [1.29, 1.82) is 0 Å². The zero-order chi connectivity index (χ0) is 18.9. The van der Waals surface area contributed by atoms with Gasteiger partial charge < -0.3 is 10.1 Å². The van der Waals surface area contributed by atoms with E-state index in [0.717, 1.165) is 5.56 Å². The van der Waals surface area contributed by atoms with Crippen LogP contribution in [0.3, 0.4) is 0 Å². The van der Waals surface area contributed by atoms with Crippen molar-refractivity contribution >= 4 is 46.7 Å². The van der Waals surface area contributed by atoms with Crippen LogP contribution in [0.5, 0.6) is 5.75 Å². The van der Waals surface area contributed by atoms with Gasteiger partial charge in [-0.3, -0.25) is 9.59 Å². The van der Waals surface area contributed by atoms with Crippen molar-refractivity contribution in [2.75, 3.05) is 5.32 Å². The number of halogens is 2. The zero-order valence-corrected chi connectivity index (χ0v) is 15.8. The molecule has 2 aromatic rings. The number of ether oxygens (including phenoxy) is 1. The van der Waals surface area contributed by atoms with Gasteiger partial charge in [-0.1, -0.05) is 29.3 Å². The molecular formula is C20H17Cl2NO3. The molecule has 6 heteroatoms. The zero-order valence-electron chi connectivity index (χ0n) is 14.3. The monoisotopic (exact) mass is 389 g/mol. The summed E-state index contributed by atoms with van der Waals surface area (Å²) in [5.74, 6) is 0.217. The van der Waals surface area contributed by atoms with E-state index in [1.54, 1.807) is 42.5 Å². The maximum absolute atomic E-state index is 12.3. The van der Waals surface area contributed by atoms with Crippen molar-refractivity contribution in [3.63, 3.8) is 0 Å². The molecule has 0 spiro atoms. The van der Waals surface area contributed by atoms with Gasteiger partial charge in [-0.2, -0.15) is 0 Å². The van der Waals surface area contributed by atoms with Crippen LogP contribution in [0.15, 0.2) is 42.5 Å². The Morgan fingerprint density at radius 3 is 2.65 bits per heavy atom. The summed E-state index contributed by atoms with van der Waals surface area (Å²) in [6, 6.07) is 10.1. The molecule has 0 bridgehead atoms. The second kappa shape index (κ2) is 7.14. The standard InChI is InChI=1S/C20H17Cl2NO3/c1-20(2)11-17(24)14-10-13(5-7-18(14)26-20)23-19(25)8-4-12-3-6-15(21)16(22)9-12/h3-10H,11H2,1-2H3,(H,23,25)/b8-4+. The van der Waals surface area contributed by atoms with E-state index in [-0.39, 0.29) is 11.7 Å². The number of ketones is 1. The lowest BCUT2D eigenvalue weighted by molar-refractivity contribution is -0.111. The summed E-state index contributed by atoms with van der Waals surface area (Å²) in [4.78, 5) is 24.4. The molecule has 1 heterocycles. The molecule has 0 saturated carbocycles. The molecule has 0 atom stereocenters. The highest BCUT2D eigenvalue weighted by Gasteiger charge is 2.32. The summed E-state index contributed by atoms with van der Waals surface area (Å²) in [7, 11) is 0. The highest BCUT2D eigenvalue weighted by Crippen LogP contribution is 2.34. The second-order valence-electron chi connectivity index (χ2n) is 6.67. The van der Waals surface area contributed by atoms with Crippen LogP contribution in [0.2, 0.25) is 10.0 Å². The molecule has 1 N–H and O–H groups in total. The number of carbonyl (C=O) groups is 2. The Balaban J connectivity index is 1.72. The molecule has 26 heavy (non-hydrogen) atoms. The number of carbonyl (C=O) groups excluding carboxylic acids is 2. The van der Waals surface area contributed by atoms with E-state index in [0.29, 0.717) is 33.5 Å². The summed E-state index contributed by atoms with van der Waals surface area (Å²) in [5, 5.41) is 3.61. The second-order valence-corrected chi connectivity index (χ2v) is 7.48. The largest absolute Gasteiger partial charge is 0.487 e. The van der Waals surface area contributed by atoms with Crippen LogP contribution < -0.4 is 10.1 Å². The Kier molecular flexibility index (Phi) is 5.08. The molecule has 0 radical (unpaired) electrons. The third kappa shape index (κ3) is 4.26. The van der Waals surface area contributed by atoms with Crippen LogP contribution >= 0.6 is 23.2 Å². The van der Waals surface area contributed by atoms with Gasteiger partial charge in [-0.25, -0.2) is 0 Å². The van der Waals surface area contributed by atoms with Crippen LogP contribution in [-0.2, 0) is 4.79 Å². The first kappa shape index (κ1) is 18.5. The first-order valence-corrected chi connectivity index (χ1v) is 8.79. The van der Waals surface area contributed by atoms with Crippen LogP contribution in [-0.4, -0.2) is 17.3 Å². The van der Waals surface area contributed by atoms with Crippen LogP contribution in [0.25, 0.3) is 6.08 Å². The number of nitrogens with one attached hydrogen (secondary N) is 1. The quantitative estimate of drug-likeness (QED) is 0.715. The molecule has 4 nitrogen and oxygen atoms in total. The van der Waals surface area contributed by atoms with Gasteiger partial charge in [0.2, 0.25) is 5.91 Å². The lowest BCUT2D eigenvalue weighted by Gasteiger charge is -2.31. The molecule has 3 rings (SSSR count). The molecule has 0 aliphatic carbocycles. The van der Waals surface area contributed by atoms with Gasteiger partial charge in [-0.15, -0.1) is 0 Å². The van der Waals surface area contributed by atoms with Gasteiger partial charge in [0.25, 0.3) is 0 Å². The minimum Gasteiger partial charge on any atom is -0.487 e. The van der Waals surface area contributed by atoms with Crippen molar-refractivity contribution in [3.8, 4) is 5.75 Å². The number of anilines is 1. The van der Waals surface area contributed by atoms with E-state index in [2.05, 4.69) is 5.32 Å². The lowest BCUT2D eigenvalue weighted by Crippen LogP contribution is -2.35. The first-order chi connectivity index (χ1) is 12.2. The lowest BCUT2D eigenvalue weighted by atomic mass is 9.93. The topological polar surface area (TPSA) is 55.4 Å². The van der Waals surface area contributed by atoms with Crippen molar-refractivity contribution < 1.29 is 14.3 Å². The Hall–Kier alpha value is -2.30. The predicted octanol–water partition coefficient (Wildman–Crippen LogP) is 5.39. The van der Waals surface area contributed by atoms with Crippen LogP contribution in [0.1, 0.15) is 36.2 Å². The smallest absolute Gasteiger partial charge is 0.248 e. The minimum atomic E-state index is -0.516. The number of hydrogen-bond donors (Lipinski definition) is 1. The molecule has 0 saturated heterocycles. The fourth-order valence-corrected chi connectivity index (χ4v) is 3.01. The fourth-order valence-electron chi connectivity index (χ4n) is 2.70. The highest BCUT2D eigenvalue weighted by atomic mass is 35.5. The van der Waals surface area contributed by atoms with Gasteiger partial charge in [0.1, 0.15) is 11.4 Å². The molecular weight excluding hydrogens is 373 g/mol. The molecule has 0 aromatic heterocycles.